The van der Waals surface area contributed by atoms with Gasteiger partial charge in [-0.1, -0.05) is 0 Å². The van der Waals surface area contributed by atoms with E-state index >= 15 is 8.78 Å². The second-order valence-electron chi connectivity index (χ2n) is 6.40. The number of hydrogen-bond acceptors (Lipinski definition) is 3. The zero-order chi connectivity index (χ0) is 22.9. The average Bonchev–Trinajstić information content (AvgIpc) is 2.73. The molecule has 0 unspecified atom stereocenters. The number of hydrogen-bond donors (Lipinski definition) is 0. The van der Waals surface area contributed by atoms with Gasteiger partial charge in [-0.05, 0) is 35.8 Å². The van der Waals surface area contributed by atoms with Crippen molar-refractivity contribution < 1.29 is 40.6 Å². The van der Waals surface area contributed by atoms with E-state index in [1.54, 1.807) is 0 Å². The Labute approximate surface area is 174 Å². The summed E-state index contributed by atoms with van der Waals surface area (Å²) in [5.41, 5.74) is -2.44. The highest BCUT2D eigenvalue weighted by molar-refractivity contribution is 6.95. The van der Waals surface area contributed by atoms with E-state index in [0.29, 0.717) is 6.07 Å². The molecule has 0 aliphatic heterocycles. The van der Waals surface area contributed by atoms with Crippen molar-refractivity contribution in [1.82, 2.24) is 0 Å². The van der Waals surface area contributed by atoms with Crippen LogP contribution in [0.4, 0.5) is 26.3 Å². The Balaban J connectivity index is 2.47. The largest absolute Gasteiger partial charge is 0.494 e. The maximum absolute atomic E-state index is 15.1. The van der Waals surface area contributed by atoms with Crippen LogP contribution in [0, 0.1) is 34.9 Å². The van der Waals surface area contributed by atoms with E-state index < -0.39 is 75.3 Å². The Bertz CT molecular complexity index is 1080. The summed E-state index contributed by atoms with van der Waals surface area (Å²) in [6.45, 7) is -2.01. The molecule has 3 rings (SSSR count). The van der Waals surface area contributed by atoms with Crippen molar-refractivity contribution >= 4 is 23.1 Å². The van der Waals surface area contributed by atoms with Crippen molar-refractivity contribution in [3.63, 3.8) is 0 Å². The molecule has 0 fully saturated rings. The molecule has 0 radical (unpaired) electrons. The fourth-order valence-corrected chi connectivity index (χ4v) is 3.32. The van der Waals surface area contributed by atoms with Crippen LogP contribution >= 0.6 is 0 Å². The van der Waals surface area contributed by atoms with Crippen molar-refractivity contribution in [3.05, 3.63) is 71.3 Å². The first-order valence-corrected chi connectivity index (χ1v) is 8.81. The highest BCUT2D eigenvalue weighted by Gasteiger charge is 2.37. The van der Waals surface area contributed by atoms with Gasteiger partial charge in [0.25, 0.3) is 6.71 Å². The predicted molar refractivity (Wildman–Crippen MR) is 103 cm³/mol. The van der Waals surface area contributed by atoms with Gasteiger partial charge in [0.15, 0.2) is 34.7 Å². The van der Waals surface area contributed by atoms with E-state index in [4.69, 9.17) is 14.2 Å². The third-order valence-electron chi connectivity index (χ3n) is 4.78. The van der Waals surface area contributed by atoms with Crippen LogP contribution in [0.3, 0.4) is 0 Å². The van der Waals surface area contributed by atoms with E-state index in [0.717, 1.165) is 51.7 Å². The first-order chi connectivity index (χ1) is 14.7. The number of methoxy groups -OCH3 is 3. The summed E-state index contributed by atoms with van der Waals surface area (Å²) in [7, 11) is 3.28. The lowest BCUT2D eigenvalue weighted by atomic mass is 9.36. The molecule has 31 heavy (non-hydrogen) atoms. The molecule has 0 atom stereocenters. The minimum absolute atomic E-state index is 0.396. The molecule has 162 valence electrons. The molecule has 0 aliphatic rings. The fraction of sp³-hybridized carbons (Fsp3) is 0.143. The lowest BCUT2D eigenvalue weighted by Gasteiger charge is -2.21. The molecule has 3 aromatic carbocycles. The Morgan fingerprint density at radius 1 is 0.548 bits per heavy atom. The first kappa shape index (κ1) is 22.4. The highest BCUT2D eigenvalue weighted by Crippen LogP contribution is 2.22. The average molecular weight is 440 g/mol. The summed E-state index contributed by atoms with van der Waals surface area (Å²) < 4.78 is 103. The summed E-state index contributed by atoms with van der Waals surface area (Å²) >= 11 is 0. The molecule has 0 saturated heterocycles. The van der Waals surface area contributed by atoms with Crippen molar-refractivity contribution in [2.24, 2.45) is 0 Å². The molecule has 0 spiro atoms. The van der Waals surface area contributed by atoms with Gasteiger partial charge in [-0.2, -0.15) is 0 Å². The zero-order valence-corrected chi connectivity index (χ0v) is 16.5. The predicted octanol–water partition coefficient (Wildman–Crippen LogP) is 3.06. The van der Waals surface area contributed by atoms with Gasteiger partial charge in [-0.25, -0.2) is 26.3 Å². The summed E-state index contributed by atoms with van der Waals surface area (Å²) in [6, 6.07) is 4.72. The molecule has 0 saturated carbocycles. The van der Waals surface area contributed by atoms with Gasteiger partial charge >= 0.3 is 0 Å². The quantitative estimate of drug-likeness (QED) is 0.436. The minimum atomic E-state index is -2.01. The Kier molecular flexibility index (Phi) is 6.38. The van der Waals surface area contributed by atoms with E-state index in [2.05, 4.69) is 0 Å². The molecule has 0 heterocycles. The van der Waals surface area contributed by atoms with Crippen molar-refractivity contribution in [1.29, 1.82) is 0 Å². The second-order valence-corrected chi connectivity index (χ2v) is 6.40. The lowest BCUT2D eigenvalue weighted by Crippen LogP contribution is -2.58. The Hall–Kier alpha value is -3.30. The molecule has 0 aliphatic carbocycles. The fourth-order valence-electron chi connectivity index (χ4n) is 3.32. The molecule has 0 amide bonds. The number of halogens is 6. The van der Waals surface area contributed by atoms with Gasteiger partial charge in [0.05, 0.1) is 21.3 Å². The number of ether oxygens (including phenoxy) is 3. The highest BCUT2D eigenvalue weighted by atomic mass is 19.2. The van der Waals surface area contributed by atoms with Crippen molar-refractivity contribution in [2.75, 3.05) is 21.3 Å². The summed E-state index contributed by atoms with van der Waals surface area (Å²) in [4.78, 5) is 0. The van der Waals surface area contributed by atoms with Gasteiger partial charge in [-0.15, -0.1) is 0 Å². The molecule has 0 bridgehead atoms. The standard InChI is InChI=1S/C21H15BF6O3/c1-29-15-6-4-11(23)18(20(15)27)22(10-8-17(31-3)14(26)9-13(10)25)19-12(24)5-7-16(30-2)21(19)28/h4-9H,1-3H3. The molecule has 0 N–H and O–H groups in total. The Morgan fingerprint density at radius 2 is 1.00 bits per heavy atom. The molecule has 10 heteroatoms. The monoisotopic (exact) mass is 440 g/mol. The first-order valence-electron chi connectivity index (χ1n) is 8.81. The number of rotatable bonds is 6. The van der Waals surface area contributed by atoms with Gasteiger partial charge in [-0.3, -0.25) is 0 Å². The number of benzene rings is 3. The second kappa shape index (κ2) is 8.83. The summed E-state index contributed by atoms with van der Waals surface area (Å²) in [6.07, 6.45) is 0. The maximum Gasteiger partial charge on any atom is 0.260 e. The minimum Gasteiger partial charge on any atom is -0.494 e. The van der Waals surface area contributed by atoms with Gasteiger partial charge in [0.2, 0.25) is 0 Å². The normalized spacial score (nSPS) is 10.7. The third-order valence-corrected chi connectivity index (χ3v) is 4.78. The van der Waals surface area contributed by atoms with Crippen LogP contribution in [0.1, 0.15) is 0 Å². The van der Waals surface area contributed by atoms with Crippen LogP contribution < -0.4 is 30.6 Å². The van der Waals surface area contributed by atoms with Crippen LogP contribution in [-0.2, 0) is 0 Å². The topological polar surface area (TPSA) is 27.7 Å². The molecule has 3 aromatic rings. The van der Waals surface area contributed by atoms with Crippen LogP contribution in [0.2, 0.25) is 0 Å². The molecular formula is C21H15BF6O3. The zero-order valence-electron chi connectivity index (χ0n) is 16.5. The Morgan fingerprint density at radius 3 is 1.42 bits per heavy atom. The van der Waals surface area contributed by atoms with E-state index in [9.17, 15) is 17.6 Å². The summed E-state index contributed by atoms with van der Waals surface area (Å²) in [5, 5.41) is 0. The van der Waals surface area contributed by atoms with E-state index in [1.807, 2.05) is 0 Å². The van der Waals surface area contributed by atoms with Crippen LogP contribution in [0.25, 0.3) is 0 Å². The summed E-state index contributed by atoms with van der Waals surface area (Å²) in [5.74, 6) is -8.87. The maximum atomic E-state index is 15.1. The third kappa shape index (κ3) is 3.89. The lowest BCUT2D eigenvalue weighted by molar-refractivity contribution is 0.384. The molecule has 3 nitrogen and oxygen atoms in total. The van der Waals surface area contributed by atoms with Gasteiger partial charge in [0, 0.05) is 17.0 Å². The van der Waals surface area contributed by atoms with Crippen molar-refractivity contribution in [2.45, 2.75) is 0 Å². The van der Waals surface area contributed by atoms with Crippen LogP contribution in [-0.4, -0.2) is 28.0 Å². The van der Waals surface area contributed by atoms with Crippen LogP contribution in [0.15, 0.2) is 36.4 Å². The van der Waals surface area contributed by atoms with Gasteiger partial charge < -0.3 is 14.2 Å². The van der Waals surface area contributed by atoms with Gasteiger partial charge in [0.1, 0.15) is 17.5 Å². The van der Waals surface area contributed by atoms with Crippen LogP contribution in [0.5, 0.6) is 17.2 Å². The SMILES string of the molecule is COc1cc(B(c2c(F)ccc(OC)c2F)c2c(F)ccc(OC)c2F)c(F)cc1F. The van der Waals surface area contributed by atoms with E-state index in [-0.39, 0.29) is 0 Å². The molecule has 0 aromatic heterocycles. The van der Waals surface area contributed by atoms with Crippen molar-refractivity contribution in [3.8, 4) is 17.2 Å². The smallest absolute Gasteiger partial charge is 0.260 e. The molecular weight excluding hydrogens is 425 g/mol. The van der Waals surface area contributed by atoms with E-state index in [1.165, 1.54) is 0 Å².